The third-order valence-corrected chi connectivity index (χ3v) is 6.10. The fourth-order valence-corrected chi connectivity index (χ4v) is 4.63. The number of rotatable bonds is 4. The molecular weight excluding hydrogens is 384 g/mol. The van der Waals surface area contributed by atoms with Gasteiger partial charge in [-0.05, 0) is 12.5 Å². The molecule has 6 nitrogen and oxygen atoms in total. The molecule has 0 saturated heterocycles. The van der Waals surface area contributed by atoms with Crippen LogP contribution >= 0.6 is 11.3 Å². The Balaban J connectivity index is 1.70. The summed E-state index contributed by atoms with van der Waals surface area (Å²) in [6.45, 7) is 2.74. The Bertz CT molecular complexity index is 1340. The molecule has 5 rings (SSSR count). The Kier molecular flexibility index (Phi) is 4.24. The van der Waals surface area contributed by atoms with Crippen LogP contribution in [-0.4, -0.2) is 27.0 Å². The van der Waals surface area contributed by atoms with Crippen LogP contribution in [0, 0.1) is 0 Å². The molecule has 1 amide bonds. The molecule has 0 spiro atoms. The van der Waals surface area contributed by atoms with Gasteiger partial charge in [-0.3, -0.25) is 9.59 Å². The van der Waals surface area contributed by atoms with Crippen LogP contribution in [0.2, 0.25) is 0 Å². The molecule has 7 heteroatoms. The number of unbranched alkanes of at least 4 members (excludes halogenated alkanes) is 1. The molecule has 1 aliphatic rings. The highest BCUT2D eigenvalue weighted by Crippen LogP contribution is 2.35. The van der Waals surface area contributed by atoms with Crippen LogP contribution in [0.4, 0.5) is 5.69 Å². The summed E-state index contributed by atoms with van der Waals surface area (Å²) in [6, 6.07) is 17.2. The molecule has 0 saturated carbocycles. The monoisotopic (exact) mass is 402 g/mol. The van der Waals surface area contributed by atoms with E-state index in [1.165, 1.54) is 15.9 Å². The van der Waals surface area contributed by atoms with Crippen molar-refractivity contribution in [3.8, 4) is 11.4 Å². The SMILES string of the molecule is CCCCN1C(=O)C(=c2sc3nc(-c4ccccc4)nn3c2=O)c2ccccc21. The van der Waals surface area contributed by atoms with E-state index in [0.717, 1.165) is 29.7 Å². The lowest BCUT2D eigenvalue weighted by Crippen LogP contribution is -2.33. The van der Waals surface area contributed by atoms with Crippen LogP contribution in [0.25, 0.3) is 21.9 Å². The smallest absolute Gasteiger partial charge is 0.291 e. The Labute approximate surface area is 170 Å². The first-order chi connectivity index (χ1) is 14.2. The van der Waals surface area contributed by atoms with E-state index in [0.29, 0.717) is 27.4 Å². The zero-order valence-electron chi connectivity index (χ0n) is 15.8. The third kappa shape index (κ3) is 2.77. The molecule has 0 radical (unpaired) electrons. The van der Waals surface area contributed by atoms with Crippen molar-refractivity contribution >= 4 is 33.5 Å². The van der Waals surface area contributed by atoms with E-state index < -0.39 is 0 Å². The van der Waals surface area contributed by atoms with E-state index in [1.54, 1.807) is 4.90 Å². The van der Waals surface area contributed by atoms with Crippen molar-refractivity contribution in [3.05, 3.63) is 75.0 Å². The second kappa shape index (κ2) is 6.93. The topological polar surface area (TPSA) is 67.6 Å². The molecule has 0 atom stereocenters. The fraction of sp³-hybridized carbons (Fsp3) is 0.182. The summed E-state index contributed by atoms with van der Waals surface area (Å²) in [5.41, 5.74) is 2.68. The quantitative estimate of drug-likeness (QED) is 0.526. The molecule has 2 aromatic carbocycles. The van der Waals surface area contributed by atoms with Crippen LogP contribution in [0.1, 0.15) is 25.3 Å². The number of benzene rings is 2. The van der Waals surface area contributed by atoms with Crippen molar-refractivity contribution in [2.75, 3.05) is 11.4 Å². The van der Waals surface area contributed by atoms with Crippen molar-refractivity contribution in [1.82, 2.24) is 14.6 Å². The summed E-state index contributed by atoms with van der Waals surface area (Å²) in [5, 5.41) is 4.39. The van der Waals surface area contributed by atoms with Gasteiger partial charge in [0.25, 0.3) is 11.5 Å². The number of carbonyl (C=O) groups is 1. The summed E-state index contributed by atoms with van der Waals surface area (Å²) >= 11 is 1.22. The lowest BCUT2D eigenvalue weighted by Gasteiger charge is -2.16. The van der Waals surface area contributed by atoms with Gasteiger partial charge in [-0.2, -0.15) is 9.50 Å². The summed E-state index contributed by atoms with van der Waals surface area (Å²) in [4.78, 5) is 33.1. The average molecular weight is 402 g/mol. The van der Waals surface area contributed by atoms with Gasteiger partial charge in [-0.25, -0.2) is 0 Å². The molecule has 0 aliphatic carbocycles. The minimum Gasteiger partial charge on any atom is -0.308 e. The summed E-state index contributed by atoms with van der Waals surface area (Å²) in [6.07, 6.45) is 1.90. The van der Waals surface area contributed by atoms with Gasteiger partial charge in [0.15, 0.2) is 5.82 Å². The number of nitrogens with zero attached hydrogens (tertiary/aromatic N) is 4. The second-order valence-corrected chi connectivity index (χ2v) is 7.91. The number of hydrogen-bond acceptors (Lipinski definition) is 5. The number of carbonyl (C=O) groups excluding carboxylic acids is 1. The highest BCUT2D eigenvalue weighted by Gasteiger charge is 2.33. The second-order valence-electron chi connectivity index (χ2n) is 6.93. The van der Waals surface area contributed by atoms with E-state index >= 15 is 0 Å². The van der Waals surface area contributed by atoms with Gasteiger partial charge in [0.2, 0.25) is 4.96 Å². The molecule has 4 aromatic rings. The third-order valence-electron chi connectivity index (χ3n) is 5.07. The lowest BCUT2D eigenvalue weighted by atomic mass is 10.1. The number of hydrogen-bond donors (Lipinski definition) is 0. The van der Waals surface area contributed by atoms with Gasteiger partial charge in [0, 0.05) is 17.7 Å². The Morgan fingerprint density at radius 3 is 2.52 bits per heavy atom. The van der Waals surface area contributed by atoms with E-state index in [2.05, 4.69) is 17.0 Å². The number of amides is 1. The Hall–Kier alpha value is -3.32. The minimum absolute atomic E-state index is 0.121. The maximum Gasteiger partial charge on any atom is 0.291 e. The molecule has 0 fully saturated rings. The zero-order valence-corrected chi connectivity index (χ0v) is 16.6. The molecule has 1 aliphatic heterocycles. The van der Waals surface area contributed by atoms with Gasteiger partial charge in [0.1, 0.15) is 4.53 Å². The van der Waals surface area contributed by atoms with Crippen molar-refractivity contribution in [2.45, 2.75) is 19.8 Å². The van der Waals surface area contributed by atoms with Crippen LogP contribution in [0.3, 0.4) is 0 Å². The number of para-hydroxylation sites is 1. The van der Waals surface area contributed by atoms with E-state index in [1.807, 2.05) is 54.6 Å². The van der Waals surface area contributed by atoms with E-state index in [9.17, 15) is 9.59 Å². The number of thiazole rings is 1. The first-order valence-electron chi connectivity index (χ1n) is 9.59. The maximum absolute atomic E-state index is 13.2. The average Bonchev–Trinajstić information content (AvgIpc) is 3.38. The number of aromatic nitrogens is 3. The first-order valence-corrected chi connectivity index (χ1v) is 10.4. The summed E-state index contributed by atoms with van der Waals surface area (Å²) < 4.78 is 1.70. The van der Waals surface area contributed by atoms with Crippen molar-refractivity contribution in [3.63, 3.8) is 0 Å². The van der Waals surface area contributed by atoms with E-state index in [4.69, 9.17) is 0 Å². The standard InChI is InChI=1S/C22H18N4O2S/c1-2-3-13-25-16-12-8-7-11-15(16)17(20(25)27)18-21(28)26-22(29-18)23-19(24-26)14-9-5-4-6-10-14/h4-12H,2-3,13H2,1H3. The summed E-state index contributed by atoms with van der Waals surface area (Å²) in [7, 11) is 0. The maximum atomic E-state index is 13.2. The van der Waals surface area contributed by atoms with Gasteiger partial charge in [-0.15, -0.1) is 5.10 Å². The van der Waals surface area contributed by atoms with Gasteiger partial charge in [0.05, 0.1) is 11.3 Å². The van der Waals surface area contributed by atoms with Gasteiger partial charge in [-0.1, -0.05) is 73.2 Å². The van der Waals surface area contributed by atoms with Gasteiger partial charge >= 0.3 is 0 Å². The normalized spacial score (nSPS) is 15.3. The Morgan fingerprint density at radius 2 is 1.76 bits per heavy atom. The molecular formula is C22H18N4O2S. The first kappa shape index (κ1) is 17.8. The fourth-order valence-electron chi connectivity index (χ4n) is 3.63. The number of fused-ring (bicyclic) bond motifs is 2. The lowest BCUT2D eigenvalue weighted by molar-refractivity contribution is -0.113. The van der Waals surface area contributed by atoms with Crippen LogP contribution in [-0.2, 0) is 4.79 Å². The highest BCUT2D eigenvalue weighted by molar-refractivity contribution is 7.15. The Morgan fingerprint density at radius 1 is 1.00 bits per heavy atom. The van der Waals surface area contributed by atoms with Crippen molar-refractivity contribution < 1.29 is 4.79 Å². The molecule has 0 unspecified atom stereocenters. The molecule has 0 N–H and O–H groups in total. The predicted octanol–water partition coefficient (Wildman–Crippen LogP) is 2.88. The van der Waals surface area contributed by atoms with Crippen molar-refractivity contribution in [1.29, 1.82) is 0 Å². The molecule has 144 valence electrons. The molecule has 2 aromatic heterocycles. The largest absolute Gasteiger partial charge is 0.308 e. The zero-order chi connectivity index (χ0) is 20.0. The predicted molar refractivity (Wildman–Crippen MR) is 114 cm³/mol. The van der Waals surface area contributed by atoms with Crippen LogP contribution < -0.4 is 15.0 Å². The van der Waals surface area contributed by atoms with Crippen LogP contribution in [0.5, 0.6) is 0 Å². The van der Waals surface area contributed by atoms with Crippen molar-refractivity contribution in [2.24, 2.45) is 0 Å². The summed E-state index contributed by atoms with van der Waals surface area (Å²) in [5.74, 6) is 0.387. The van der Waals surface area contributed by atoms with E-state index in [-0.39, 0.29) is 11.5 Å². The molecule has 29 heavy (non-hydrogen) atoms. The molecule has 0 bridgehead atoms. The van der Waals surface area contributed by atoms with Crippen LogP contribution in [0.15, 0.2) is 59.4 Å². The number of anilines is 1. The van der Waals surface area contributed by atoms with Gasteiger partial charge < -0.3 is 4.90 Å². The highest BCUT2D eigenvalue weighted by atomic mass is 32.1. The minimum atomic E-state index is -0.296. The molecule has 3 heterocycles.